The van der Waals surface area contributed by atoms with Crippen molar-refractivity contribution in [2.45, 2.75) is 25.8 Å². The van der Waals surface area contributed by atoms with E-state index in [-0.39, 0.29) is 0 Å². The number of rotatable bonds is 6. The highest BCUT2D eigenvalue weighted by Gasteiger charge is 2.12. The fraction of sp³-hybridized carbons (Fsp3) is 0.636. The molecule has 0 bridgehead atoms. The van der Waals surface area contributed by atoms with Gasteiger partial charge in [-0.25, -0.2) is 0 Å². The van der Waals surface area contributed by atoms with Crippen LogP contribution in [0.15, 0.2) is 16.7 Å². The van der Waals surface area contributed by atoms with E-state index in [4.69, 9.17) is 9.15 Å². The molecule has 0 radical (unpaired) electrons. The van der Waals surface area contributed by atoms with Gasteiger partial charge in [-0.05, 0) is 32.9 Å². The van der Waals surface area contributed by atoms with Gasteiger partial charge in [-0.3, -0.25) is 0 Å². The van der Waals surface area contributed by atoms with E-state index in [1.165, 1.54) is 5.56 Å². The maximum Gasteiger partial charge on any atom is 0.105 e. The van der Waals surface area contributed by atoms with Gasteiger partial charge in [0.05, 0.1) is 6.26 Å². The summed E-state index contributed by atoms with van der Waals surface area (Å²) in [6, 6.07) is 2.41. The smallest absolute Gasteiger partial charge is 0.105 e. The highest BCUT2D eigenvalue weighted by atomic mass is 16.5. The molecular formula is C11H19NO2. The molecule has 80 valence electrons. The number of methoxy groups -OCH3 is 1. The van der Waals surface area contributed by atoms with Crippen LogP contribution in [0, 0.1) is 6.92 Å². The quantitative estimate of drug-likeness (QED) is 0.710. The average molecular weight is 197 g/mol. The number of furan rings is 1. The van der Waals surface area contributed by atoms with Gasteiger partial charge in [-0.2, -0.15) is 0 Å². The summed E-state index contributed by atoms with van der Waals surface area (Å²) >= 11 is 0. The van der Waals surface area contributed by atoms with Crippen molar-refractivity contribution in [1.29, 1.82) is 0 Å². The summed E-state index contributed by atoms with van der Waals surface area (Å²) in [6.07, 6.45) is 3.88. The summed E-state index contributed by atoms with van der Waals surface area (Å²) in [4.78, 5) is 0. The summed E-state index contributed by atoms with van der Waals surface area (Å²) in [5.74, 6) is 1.00. The SMILES string of the molecule is CNC(CCCOC)c1ccoc1C. The molecule has 1 aromatic rings. The van der Waals surface area contributed by atoms with Crippen LogP contribution in [0.5, 0.6) is 0 Å². The van der Waals surface area contributed by atoms with Gasteiger partial charge in [0, 0.05) is 25.3 Å². The summed E-state index contributed by atoms with van der Waals surface area (Å²) < 4.78 is 10.3. The molecule has 1 heterocycles. The molecule has 0 saturated carbocycles. The van der Waals surface area contributed by atoms with Crippen LogP contribution in [-0.4, -0.2) is 20.8 Å². The van der Waals surface area contributed by atoms with E-state index in [0.29, 0.717) is 6.04 Å². The van der Waals surface area contributed by atoms with E-state index in [9.17, 15) is 0 Å². The molecule has 0 spiro atoms. The highest BCUT2D eigenvalue weighted by Crippen LogP contribution is 2.22. The fourth-order valence-electron chi connectivity index (χ4n) is 1.64. The molecule has 0 aliphatic heterocycles. The lowest BCUT2D eigenvalue weighted by atomic mass is 10.0. The summed E-state index contributed by atoms with van der Waals surface area (Å²) in [6.45, 7) is 2.81. The van der Waals surface area contributed by atoms with E-state index in [0.717, 1.165) is 25.2 Å². The lowest BCUT2D eigenvalue weighted by molar-refractivity contribution is 0.189. The van der Waals surface area contributed by atoms with Crippen LogP contribution >= 0.6 is 0 Å². The Kier molecular flexibility index (Phi) is 4.70. The number of hydrogen-bond donors (Lipinski definition) is 1. The molecule has 0 saturated heterocycles. The maximum absolute atomic E-state index is 5.28. The minimum absolute atomic E-state index is 0.379. The first-order chi connectivity index (χ1) is 6.79. The first-order valence-corrected chi connectivity index (χ1v) is 4.99. The zero-order chi connectivity index (χ0) is 10.4. The standard InChI is InChI=1S/C11H19NO2/c1-9-10(6-8-14-9)11(12-2)5-4-7-13-3/h6,8,11-12H,4-5,7H2,1-3H3. The predicted molar refractivity (Wildman–Crippen MR) is 56.4 cm³/mol. The zero-order valence-corrected chi connectivity index (χ0v) is 9.17. The minimum atomic E-state index is 0.379. The molecular weight excluding hydrogens is 178 g/mol. The van der Waals surface area contributed by atoms with E-state index in [1.54, 1.807) is 13.4 Å². The van der Waals surface area contributed by atoms with Crippen molar-refractivity contribution in [1.82, 2.24) is 5.32 Å². The van der Waals surface area contributed by atoms with E-state index in [2.05, 4.69) is 5.32 Å². The number of aryl methyl sites for hydroxylation is 1. The number of ether oxygens (including phenoxy) is 1. The molecule has 1 rings (SSSR count). The van der Waals surface area contributed by atoms with Crippen LogP contribution in [-0.2, 0) is 4.74 Å². The highest BCUT2D eigenvalue weighted by molar-refractivity contribution is 5.19. The Morgan fingerprint density at radius 1 is 1.57 bits per heavy atom. The Morgan fingerprint density at radius 3 is 2.86 bits per heavy atom. The van der Waals surface area contributed by atoms with Gasteiger partial charge >= 0.3 is 0 Å². The van der Waals surface area contributed by atoms with Gasteiger partial charge in [-0.1, -0.05) is 0 Å². The first kappa shape index (κ1) is 11.3. The molecule has 3 heteroatoms. The van der Waals surface area contributed by atoms with E-state index >= 15 is 0 Å². The van der Waals surface area contributed by atoms with Crippen molar-refractivity contribution in [3.63, 3.8) is 0 Å². The van der Waals surface area contributed by atoms with Crippen LogP contribution in [0.2, 0.25) is 0 Å². The van der Waals surface area contributed by atoms with E-state index < -0.39 is 0 Å². The molecule has 0 aromatic carbocycles. The topological polar surface area (TPSA) is 34.4 Å². The van der Waals surface area contributed by atoms with Crippen LogP contribution < -0.4 is 5.32 Å². The third kappa shape index (κ3) is 2.86. The number of nitrogens with one attached hydrogen (secondary N) is 1. The molecule has 1 atom stereocenters. The van der Waals surface area contributed by atoms with Gasteiger partial charge in [0.2, 0.25) is 0 Å². The summed E-state index contributed by atoms with van der Waals surface area (Å²) in [5.41, 5.74) is 1.25. The van der Waals surface area contributed by atoms with Gasteiger partial charge in [0.1, 0.15) is 5.76 Å². The number of hydrogen-bond acceptors (Lipinski definition) is 3. The van der Waals surface area contributed by atoms with Gasteiger partial charge in [-0.15, -0.1) is 0 Å². The largest absolute Gasteiger partial charge is 0.469 e. The normalized spacial score (nSPS) is 13.1. The van der Waals surface area contributed by atoms with Gasteiger partial charge in [0.25, 0.3) is 0 Å². The van der Waals surface area contributed by atoms with Gasteiger partial charge < -0.3 is 14.5 Å². The molecule has 1 unspecified atom stereocenters. The fourth-order valence-corrected chi connectivity index (χ4v) is 1.64. The Morgan fingerprint density at radius 2 is 2.36 bits per heavy atom. The van der Waals surface area contributed by atoms with Crippen molar-refractivity contribution >= 4 is 0 Å². The van der Waals surface area contributed by atoms with Crippen LogP contribution in [0.4, 0.5) is 0 Å². The summed E-state index contributed by atoms with van der Waals surface area (Å²) in [7, 11) is 3.71. The first-order valence-electron chi connectivity index (χ1n) is 4.99. The maximum atomic E-state index is 5.28. The molecule has 3 nitrogen and oxygen atoms in total. The third-order valence-corrected chi connectivity index (χ3v) is 2.46. The Hall–Kier alpha value is -0.800. The Balaban J connectivity index is 2.50. The van der Waals surface area contributed by atoms with Gasteiger partial charge in [0.15, 0.2) is 0 Å². The molecule has 0 aliphatic rings. The van der Waals surface area contributed by atoms with Crippen LogP contribution in [0.25, 0.3) is 0 Å². The summed E-state index contributed by atoms with van der Waals surface area (Å²) in [5, 5.41) is 3.29. The molecule has 1 N–H and O–H groups in total. The van der Waals surface area contributed by atoms with Crippen molar-refractivity contribution in [2.75, 3.05) is 20.8 Å². The second-order valence-corrected chi connectivity index (χ2v) is 3.41. The predicted octanol–water partition coefficient (Wildman–Crippen LogP) is 2.28. The van der Waals surface area contributed by atoms with Crippen LogP contribution in [0.3, 0.4) is 0 Å². The lowest BCUT2D eigenvalue weighted by Crippen LogP contribution is -2.17. The second-order valence-electron chi connectivity index (χ2n) is 3.41. The van der Waals surface area contributed by atoms with Crippen molar-refractivity contribution in [2.24, 2.45) is 0 Å². The van der Waals surface area contributed by atoms with E-state index in [1.807, 2.05) is 20.0 Å². The molecule has 0 aliphatic carbocycles. The Bertz CT molecular complexity index is 258. The monoisotopic (exact) mass is 197 g/mol. The molecule has 0 fully saturated rings. The van der Waals surface area contributed by atoms with Crippen molar-refractivity contribution in [3.05, 3.63) is 23.7 Å². The second kappa shape index (κ2) is 5.83. The third-order valence-electron chi connectivity index (χ3n) is 2.46. The van der Waals surface area contributed by atoms with Crippen molar-refractivity contribution < 1.29 is 9.15 Å². The lowest BCUT2D eigenvalue weighted by Gasteiger charge is -2.14. The average Bonchev–Trinajstić information content (AvgIpc) is 2.60. The minimum Gasteiger partial charge on any atom is -0.469 e. The molecule has 14 heavy (non-hydrogen) atoms. The van der Waals surface area contributed by atoms with Crippen LogP contribution in [0.1, 0.15) is 30.2 Å². The van der Waals surface area contributed by atoms with Crippen molar-refractivity contribution in [3.8, 4) is 0 Å². The zero-order valence-electron chi connectivity index (χ0n) is 9.17. The molecule has 0 amide bonds. The Labute approximate surface area is 85.4 Å². The molecule has 1 aromatic heterocycles.